The van der Waals surface area contributed by atoms with Crippen LogP contribution in [0, 0.1) is 0 Å². The Hall–Kier alpha value is -2.93. The summed E-state index contributed by atoms with van der Waals surface area (Å²) in [7, 11) is -1.22. The Balaban J connectivity index is 1.62. The van der Waals surface area contributed by atoms with Crippen molar-refractivity contribution >= 4 is 47.8 Å². The molecule has 0 aromatic heterocycles. The van der Waals surface area contributed by atoms with Crippen LogP contribution in [0.4, 0.5) is 0 Å². The lowest BCUT2D eigenvalue weighted by molar-refractivity contribution is -0.156. The summed E-state index contributed by atoms with van der Waals surface area (Å²) in [5, 5.41) is 3.56. The number of likely N-dealkylation sites (tertiary alicyclic amines) is 1. The number of methoxy groups -OCH3 is 1. The van der Waals surface area contributed by atoms with Gasteiger partial charge in [0.1, 0.15) is 6.10 Å². The van der Waals surface area contributed by atoms with Gasteiger partial charge in [-0.2, -0.15) is 0 Å². The van der Waals surface area contributed by atoms with E-state index in [1.165, 1.54) is 10.4 Å². The summed E-state index contributed by atoms with van der Waals surface area (Å²) in [5.74, 6) is -0.0666. The molecule has 4 aromatic rings. The van der Waals surface area contributed by atoms with Gasteiger partial charge in [0.2, 0.25) is 0 Å². The molecular formula is C38H43Cl2NO3Si. The molecule has 0 saturated carbocycles. The molecule has 0 bridgehead atoms. The number of hydrogen-bond acceptors (Lipinski definition) is 3. The fourth-order valence-corrected chi connectivity index (χ4v) is 12.0. The molecule has 1 aliphatic heterocycles. The van der Waals surface area contributed by atoms with Gasteiger partial charge in [0.25, 0.3) is 14.2 Å². The van der Waals surface area contributed by atoms with Crippen LogP contribution in [0.25, 0.3) is 0 Å². The first kappa shape index (κ1) is 33.4. The highest BCUT2D eigenvalue weighted by Gasteiger charge is 2.52. The summed E-state index contributed by atoms with van der Waals surface area (Å²) < 4.78 is 13.3. The van der Waals surface area contributed by atoms with Crippen LogP contribution in [-0.4, -0.2) is 45.0 Å². The van der Waals surface area contributed by atoms with Crippen molar-refractivity contribution in [3.05, 3.63) is 130 Å². The van der Waals surface area contributed by atoms with Crippen molar-refractivity contribution in [2.75, 3.05) is 13.7 Å². The highest BCUT2D eigenvalue weighted by Crippen LogP contribution is 2.46. The van der Waals surface area contributed by atoms with E-state index in [1.807, 2.05) is 47.4 Å². The standard InChI is InChI=1S/C38H43Cl2NO3Si/c1-6-31(26-44-45(38(2,3)4,32-16-9-7-10-17-32)33-18-11-8-12-19-33)41-36(27-20-22-29(39)23-21-27)34(25-35(43-5)37(41)42)28-14-13-15-30(40)24-28/h7-24,31,34-36H,6,25-26H2,1-5H3/t31?,34?,35?,36-/m1/s1. The lowest BCUT2D eigenvalue weighted by Gasteiger charge is -2.49. The van der Waals surface area contributed by atoms with E-state index in [0.29, 0.717) is 29.5 Å². The summed E-state index contributed by atoms with van der Waals surface area (Å²) in [6.07, 6.45) is 0.678. The number of rotatable bonds is 10. The molecule has 0 spiro atoms. The van der Waals surface area contributed by atoms with Gasteiger partial charge in [-0.25, -0.2) is 0 Å². The first-order valence-electron chi connectivity index (χ1n) is 15.7. The molecule has 0 radical (unpaired) electrons. The van der Waals surface area contributed by atoms with Crippen LogP contribution in [-0.2, 0) is 14.0 Å². The SMILES string of the molecule is CCC(CO[Si](c1ccccc1)(c1ccccc1)C(C)(C)C)N1C(=O)C(OC)CC(c2cccc(Cl)c2)[C@H]1c1ccc(Cl)cc1. The van der Waals surface area contributed by atoms with E-state index in [2.05, 4.69) is 94.4 Å². The second-order valence-corrected chi connectivity index (χ2v) is 18.1. The maximum Gasteiger partial charge on any atom is 0.261 e. The zero-order chi connectivity index (χ0) is 32.2. The molecule has 1 amide bonds. The van der Waals surface area contributed by atoms with Crippen molar-refractivity contribution in [3.8, 4) is 0 Å². The van der Waals surface area contributed by atoms with Crippen LogP contribution in [0.1, 0.15) is 63.6 Å². The summed E-state index contributed by atoms with van der Waals surface area (Å²) >= 11 is 12.9. The molecule has 1 saturated heterocycles. The van der Waals surface area contributed by atoms with Gasteiger partial charge in [0.15, 0.2) is 0 Å². The second kappa shape index (κ2) is 14.2. The van der Waals surface area contributed by atoms with Crippen molar-refractivity contribution in [1.82, 2.24) is 4.90 Å². The fraction of sp³-hybridized carbons (Fsp3) is 0.342. The van der Waals surface area contributed by atoms with Crippen LogP contribution in [0.5, 0.6) is 0 Å². The number of hydrogen-bond donors (Lipinski definition) is 0. The van der Waals surface area contributed by atoms with Crippen LogP contribution in [0.3, 0.4) is 0 Å². The number of carbonyl (C=O) groups excluding carboxylic acids is 1. The van der Waals surface area contributed by atoms with Crippen molar-refractivity contribution < 1.29 is 14.0 Å². The van der Waals surface area contributed by atoms with Gasteiger partial charge in [-0.05, 0) is 63.6 Å². The lowest BCUT2D eigenvalue weighted by Crippen LogP contribution is -2.67. The van der Waals surface area contributed by atoms with Crippen LogP contribution >= 0.6 is 23.2 Å². The normalized spacial score (nSPS) is 19.8. The molecule has 45 heavy (non-hydrogen) atoms. The number of piperidine rings is 1. The van der Waals surface area contributed by atoms with Gasteiger partial charge in [-0.1, -0.05) is 136 Å². The van der Waals surface area contributed by atoms with Crippen LogP contribution in [0.15, 0.2) is 109 Å². The highest BCUT2D eigenvalue weighted by molar-refractivity contribution is 6.99. The van der Waals surface area contributed by atoms with E-state index in [1.54, 1.807) is 7.11 Å². The van der Waals surface area contributed by atoms with E-state index in [0.717, 1.165) is 11.1 Å². The van der Waals surface area contributed by atoms with Crippen molar-refractivity contribution in [2.24, 2.45) is 0 Å². The smallest absolute Gasteiger partial charge is 0.261 e. The van der Waals surface area contributed by atoms with Gasteiger partial charge < -0.3 is 14.1 Å². The van der Waals surface area contributed by atoms with Gasteiger partial charge >= 0.3 is 0 Å². The van der Waals surface area contributed by atoms with E-state index < -0.39 is 14.4 Å². The maximum absolute atomic E-state index is 14.4. The minimum atomic E-state index is -2.84. The Kier molecular flexibility index (Phi) is 10.6. The average Bonchev–Trinajstić information content (AvgIpc) is 3.04. The Bertz CT molecular complexity index is 1520. The third-order valence-corrected chi connectivity index (χ3v) is 14.7. The molecule has 5 rings (SSSR count). The summed E-state index contributed by atoms with van der Waals surface area (Å²) in [6, 6.07) is 36.6. The van der Waals surface area contributed by atoms with E-state index in [9.17, 15) is 4.79 Å². The van der Waals surface area contributed by atoms with Gasteiger partial charge in [0.05, 0.1) is 18.7 Å². The Labute approximate surface area is 279 Å². The third-order valence-electron chi connectivity index (χ3n) is 9.23. The largest absolute Gasteiger partial charge is 0.405 e. The molecule has 1 aliphatic rings. The topological polar surface area (TPSA) is 38.8 Å². The number of benzene rings is 4. The Morgan fingerprint density at radius 3 is 1.93 bits per heavy atom. The highest BCUT2D eigenvalue weighted by atomic mass is 35.5. The molecule has 0 N–H and O–H groups in total. The summed E-state index contributed by atoms with van der Waals surface area (Å²) in [4.78, 5) is 16.5. The first-order chi connectivity index (χ1) is 21.6. The van der Waals surface area contributed by atoms with Crippen molar-refractivity contribution in [3.63, 3.8) is 0 Å². The quantitative estimate of drug-likeness (QED) is 0.160. The Morgan fingerprint density at radius 2 is 1.42 bits per heavy atom. The van der Waals surface area contributed by atoms with Crippen LogP contribution < -0.4 is 10.4 Å². The number of nitrogens with zero attached hydrogens (tertiary/aromatic N) is 1. The molecule has 4 atom stereocenters. The van der Waals surface area contributed by atoms with Gasteiger partial charge in [0, 0.05) is 23.1 Å². The van der Waals surface area contributed by atoms with Gasteiger partial charge in [-0.3, -0.25) is 4.79 Å². The van der Waals surface area contributed by atoms with Gasteiger partial charge in [-0.15, -0.1) is 0 Å². The molecule has 1 heterocycles. The molecule has 7 heteroatoms. The molecular weight excluding hydrogens is 617 g/mol. The predicted molar refractivity (Wildman–Crippen MR) is 188 cm³/mol. The number of halogens is 2. The van der Waals surface area contributed by atoms with Crippen LogP contribution in [0.2, 0.25) is 15.1 Å². The summed E-state index contributed by atoms with van der Waals surface area (Å²) in [5.41, 5.74) is 2.10. The number of amides is 1. The van der Waals surface area contributed by atoms with Crippen molar-refractivity contribution in [2.45, 2.75) is 69.7 Å². The van der Waals surface area contributed by atoms with E-state index >= 15 is 0 Å². The maximum atomic E-state index is 14.4. The third kappa shape index (κ3) is 6.79. The molecule has 0 aliphatic carbocycles. The first-order valence-corrected chi connectivity index (χ1v) is 18.4. The molecule has 3 unspecified atom stereocenters. The predicted octanol–water partition coefficient (Wildman–Crippen LogP) is 8.42. The molecule has 4 nitrogen and oxygen atoms in total. The molecule has 1 fully saturated rings. The second-order valence-electron chi connectivity index (χ2n) is 12.9. The number of ether oxygens (including phenoxy) is 1. The number of carbonyl (C=O) groups is 1. The van der Waals surface area contributed by atoms with E-state index in [-0.39, 0.29) is 28.9 Å². The zero-order valence-corrected chi connectivity index (χ0v) is 29.3. The summed E-state index contributed by atoms with van der Waals surface area (Å²) in [6.45, 7) is 9.35. The zero-order valence-electron chi connectivity index (χ0n) is 26.8. The fourth-order valence-electron chi connectivity index (χ4n) is 7.05. The molecule has 236 valence electrons. The monoisotopic (exact) mass is 659 g/mol. The minimum absolute atomic E-state index is 0.0198. The van der Waals surface area contributed by atoms with E-state index in [4.69, 9.17) is 32.4 Å². The minimum Gasteiger partial charge on any atom is -0.405 e. The average molecular weight is 661 g/mol. The Morgan fingerprint density at radius 1 is 0.822 bits per heavy atom. The van der Waals surface area contributed by atoms with Crippen molar-refractivity contribution in [1.29, 1.82) is 0 Å². The molecule has 4 aromatic carbocycles. The lowest BCUT2D eigenvalue weighted by atomic mass is 9.78.